The predicted octanol–water partition coefficient (Wildman–Crippen LogP) is 1.84. The standard InChI is InChI=1S/C12H15FO3/c1-8(11(14)16-3)12(2,15)9-5-4-6-10(13)7-9/h4-8,15H,1-3H3. The lowest BCUT2D eigenvalue weighted by Crippen LogP contribution is -2.36. The van der Waals surface area contributed by atoms with E-state index in [9.17, 15) is 14.3 Å². The van der Waals surface area contributed by atoms with Crippen molar-refractivity contribution in [3.05, 3.63) is 35.6 Å². The van der Waals surface area contributed by atoms with Crippen LogP contribution in [0.1, 0.15) is 19.4 Å². The first kappa shape index (κ1) is 12.6. The molecule has 0 fully saturated rings. The number of halogens is 1. The van der Waals surface area contributed by atoms with Crippen molar-refractivity contribution in [2.24, 2.45) is 5.92 Å². The summed E-state index contributed by atoms with van der Waals surface area (Å²) in [5.74, 6) is -1.75. The average molecular weight is 226 g/mol. The highest BCUT2D eigenvalue weighted by molar-refractivity contribution is 5.73. The first-order chi connectivity index (χ1) is 7.39. The summed E-state index contributed by atoms with van der Waals surface area (Å²) in [5.41, 5.74) is -1.10. The second kappa shape index (κ2) is 4.61. The van der Waals surface area contributed by atoms with E-state index >= 15 is 0 Å². The van der Waals surface area contributed by atoms with E-state index in [2.05, 4.69) is 4.74 Å². The first-order valence-corrected chi connectivity index (χ1v) is 4.96. The lowest BCUT2D eigenvalue weighted by molar-refractivity contribution is -0.154. The monoisotopic (exact) mass is 226 g/mol. The molecule has 3 nitrogen and oxygen atoms in total. The van der Waals surface area contributed by atoms with Gasteiger partial charge in [-0.25, -0.2) is 4.39 Å². The zero-order valence-corrected chi connectivity index (χ0v) is 9.53. The molecular formula is C12H15FO3. The maximum Gasteiger partial charge on any atom is 0.311 e. The van der Waals surface area contributed by atoms with Gasteiger partial charge in [-0.1, -0.05) is 12.1 Å². The molecule has 2 unspecified atom stereocenters. The van der Waals surface area contributed by atoms with Gasteiger partial charge in [0.05, 0.1) is 18.6 Å². The number of carbonyl (C=O) groups is 1. The van der Waals surface area contributed by atoms with Crippen molar-refractivity contribution in [1.29, 1.82) is 0 Å². The van der Waals surface area contributed by atoms with Gasteiger partial charge in [-0.05, 0) is 31.5 Å². The molecule has 1 rings (SSSR count). The molecule has 0 amide bonds. The third kappa shape index (κ3) is 2.39. The highest BCUT2D eigenvalue weighted by atomic mass is 19.1. The molecule has 0 saturated heterocycles. The number of rotatable bonds is 3. The van der Waals surface area contributed by atoms with Crippen LogP contribution in [0.4, 0.5) is 4.39 Å². The molecular weight excluding hydrogens is 211 g/mol. The van der Waals surface area contributed by atoms with Crippen LogP contribution >= 0.6 is 0 Å². The van der Waals surface area contributed by atoms with E-state index in [0.717, 1.165) is 0 Å². The molecule has 16 heavy (non-hydrogen) atoms. The summed E-state index contributed by atoms with van der Waals surface area (Å²) >= 11 is 0. The molecule has 0 heterocycles. The molecule has 1 aromatic carbocycles. The number of hydrogen-bond acceptors (Lipinski definition) is 3. The number of aliphatic hydroxyl groups is 1. The topological polar surface area (TPSA) is 46.5 Å². The van der Waals surface area contributed by atoms with E-state index in [4.69, 9.17) is 0 Å². The van der Waals surface area contributed by atoms with Gasteiger partial charge in [-0.2, -0.15) is 0 Å². The van der Waals surface area contributed by atoms with Gasteiger partial charge < -0.3 is 9.84 Å². The maximum atomic E-state index is 13.0. The Morgan fingerprint density at radius 3 is 2.69 bits per heavy atom. The van der Waals surface area contributed by atoms with Crippen LogP contribution in [0, 0.1) is 11.7 Å². The summed E-state index contributed by atoms with van der Waals surface area (Å²) in [7, 11) is 1.25. The molecule has 88 valence electrons. The molecule has 0 bridgehead atoms. The normalized spacial score (nSPS) is 16.3. The minimum Gasteiger partial charge on any atom is -0.469 e. The average Bonchev–Trinajstić information content (AvgIpc) is 2.27. The van der Waals surface area contributed by atoms with Gasteiger partial charge in [-0.15, -0.1) is 0 Å². The highest BCUT2D eigenvalue weighted by Gasteiger charge is 2.36. The van der Waals surface area contributed by atoms with E-state index < -0.39 is 23.3 Å². The fraction of sp³-hybridized carbons (Fsp3) is 0.417. The fourth-order valence-corrected chi connectivity index (χ4v) is 1.46. The number of ether oxygens (including phenoxy) is 1. The Morgan fingerprint density at radius 2 is 2.19 bits per heavy atom. The van der Waals surface area contributed by atoms with Crippen molar-refractivity contribution < 1.29 is 19.0 Å². The van der Waals surface area contributed by atoms with Gasteiger partial charge in [-0.3, -0.25) is 4.79 Å². The summed E-state index contributed by atoms with van der Waals surface area (Å²) in [5, 5.41) is 10.2. The van der Waals surface area contributed by atoms with E-state index in [1.807, 2.05) is 0 Å². The number of methoxy groups -OCH3 is 1. The van der Waals surface area contributed by atoms with E-state index in [1.165, 1.54) is 39.2 Å². The number of hydrogen-bond donors (Lipinski definition) is 1. The number of carbonyl (C=O) groups excluding carboxylic acids is 1. The Labute approximate surface area is 93.9 Å². The van der Waals surface area contributed by atoms with Gasteiger partial charge in [0.25, 0.3) is 0 Å². The van der Waals surface area contributed by atoms with Crippen molar-refractivity contribution in [3.8, 4) is 0 Å². The Bertz CT molecular complexity index is 388. The molecule has 1 aromatic rings. The van der Waals surface area contributed by atoms with E-state index in [0.29, 0.717) is 5.56 Å². The van der Waals surface area contributed by atoms with Crippen LogP contribution in [0.15, 0.2) is 24.3 Å². The van der Waals surface area contributed by atoms with Crippen molar-refractivity contribution in [2.45, 2.75) is 19.4 Å². The SMILES string of the molecule is COC(=O)C(C)C(C)(O)c1cccc(F)c1. The summed E-state index contributed by atoms with van der Waals surface area (Å²) in [4.78, 5) is 11.3. The first-order valence-electron chi connectivity index (χ1n) is 4.96. The molecule has 0 radical (unpaired) electrons. The molecule has 1 N–H and O–H groups in total. The van der Waals surface area contributed by atoms with Gasteiger partial charge in [0, 0.05) is 0 Å². The van der Waals surface area contributed by atoms with E-state index in [-0.39, 0.29) is 0 Å². The summed E-state index contributed by atoms with van der Waals surface area (Å²) in [6.07, 6.45) is 0. The van der Waals surface area contributed by atoms with E-state index in [1.54, 1.807) is 6.07 Å². The highest BCUT2D eigenvalue weighted by Crippen LogP contribution is 2.30. The van der Waals surface area contributed by atoms with Crippen molar-refractivity contribution in [1.82, 2.24) is 0 Å². The lowest BCUT2D eigenvalue weighted by Gasteiger charge is -2.28. The minimum atomic E-state index is -1.45. The van der Waals surface area contributed by atoms with Gasteiger partial charge in [0.2, 0.25) is 0 Å². The second-order valence-electron chi connectivity index (χ2n) is 3.90. The molecule has 0 aliphatic rings. The Balaban J connectivity index is 3.05. The minimum absolute atomic E-state index is 0.352. The smallest absolute Gasteiger partial charge is 0.311 e. The molecule has 0 aromatic heterocycles. The fourth-order valence-electron chi connectivity index (χ4n) is 1.46. The van der Waals surface area contributed by atoms with Gasteiger partial charge in [0.1, 0.15) is 5.82 Å². The largest absolute Gasteiger partial charge is 0.469 e. The third-order valence-electron chi connectivity index (χ3n) is 2.81. The molecule has 2 atom stereocenters. The molecule has 0 aliphatic carbocycles. The van der Waals surface area contributed by atoms with Crippen LogP contribution < -0.4 is 0 Å². The van der Waals surface area contributed by atoms with Gasteiger partial charge >= 0.3 is 5.97 Å². The van der Waals surface area contributed by atoms with Crippen molar-refractivity contribution in [2.75, 3.05) is 7.11 Å². The Kier molecular flexibility index (Phi) is 3.65. The third-order valence-corrected chi connectivity index (χ3v) is 2.81. The van der Waals surface area contributed by atoms with Crippen LogP contribution in [0.3, 0.4) is 0 Å². The molecule has 0 aliphatic heterocycles. The summed E-state index contributed by atoms with van der Waals surface area (Å²) in [6, 6.07) is 5.55. The van der Waals surface area contributed by atoms with Gasteiger partial charge in [0.15, 0.2) is 0 Å². The summed E-state index contributed by atoms with van der Waals surface area (Å²) in [6.45, 7) is 3.00. The van der Waals surface area contributed by atoms with Crippen LogP contribution in [0.5, 0.6) is 0 Å². The zero-order valence-electron chi connectivity index (χ0n) is 9.53. The molecule has 0 saturated carbocycles. The van der Waals surface area contributed by atoms with Crippen molar-refractivity contribution >= 4 is 5.97 Å². The van der Waals surface area contributed by atoms with Crippen molar-refractivity contribution in [3.63, 3.8) is 0 Å². The van der Waals surface area contributed by atoms with Crippen LogP contribution in [0.2, 0.25) is 0 Å². The Morgan fingerprint density at radius 1 is 1.56 bits per heavy atom. The maximum absolute atomic E-state index is 13.0. The summed E-state index contributed by atoms with van der Waals surface area (Å²) < 4.78 is 17.6. The lowest BCUT2D eigenvalue weighted by atomic mass is 9.84. The predicted molar refractivity (Wildman–Crippen MR) is 57.2 cm³/mol. The van der Waals surface area contributed by atoms with Crippen LogP contribution in [-0.4, -0.2) is 18.2 Å². The van der Waals surface area contributed by atoms with Crippen LogP contribution in [-0.2, 0) is 15.1 Å². The molecule has 4 heteroatoms. The van der Waals surface area contributed by atoms with Crippen LogP contribution in [0.25, 0.3) is 0 Å². The molecule has 0 spiro atoms. The number of benzene rings is 1. The second-order valence-corrected chi connectivity index (χ2v) is 3.90. The zero-order chi connectivity index (χ0) is 12.3. The quantitative estimate of drug-likeness (QED) is 0.800. The number of esters is 1. The Hall–Kier alpha value is -1.42.